The first kappa shape index (κ1) is 16.8. The Balaban J connectivity index is 1.95. The molecule has 21 heavy (non-hydrogen) atoms. The lowest BCUT2D eigenvalue weighted by molar-refractivity contribution is -0.148. The van der Waals surface area contributed by atoms with Gasteiger partial charge in [0.25, 0.3) is 0 Å². The molecule has 4 nitrogen and oxygen atoms in total. The number of carbonyl (C=O) groups excluding carboxylic acids is 1. The Morgan fingerprint density at radius 3 is 2.33 bits per heavy atom. The highest BCUT2D eigenvalue weighted by Gasteiger charge is 2.47. The Kier molecular flexibility index (Phi) is 5.31. The molecule has 0 amide bonds. The first-order valence-corrected chi connectivity index (χ1v) is 8.56. The summed E-state index contributed by atoms with van der Waals surface area (Å²) in [6.07, 6.45) is 8.09. The summed E-state index contributed by atoms with van der Waals surface area (Å²) < 4.78 is 5.01. The van der Waals surface area contributed by atoms with Gasteiger partial charge in [0.1, 0.15) is 5.54 Å². The van der Waals surface area contributed by atoms with Crippen molar-refractivity contribution >= 4 is 5.97 Å². The van der Waals surface area contributed by atoms with Crippen molar-refractivity contribution in [2.75, 3.05) is 27.2 Å². The molecule has 1 aliphatic carbocycles. The van der Waals surface area contributed by atoms with Crippen molar-refractivity contribution in [3.05, 3.63) is 0 Å². The van der Waals surface area contributed by atoms with Gasteiger partial charge in [-0.05, 0) is 57.7 Å². The molecule has 0 aromatic heterocycles. The van der Waals surface area contributed by atoms with Crippen molar-refractivity contribution in [3.63, 3.8) is 0 Å². The molecule has 1 N–H and O–H groups in total. The van der Waals surface area contributed by atoms with E-state index in [1.807, 2.05) is 7.05 Å². The third-order valence-electron chi connectivity index (χ3n) is 6.42. The van der Waals surface area contributed by atoms with Crippen LogP contribution in [0.5, 0.6) is 0 Å². The van der Waals surface area contributed by atoms with Crippen LogP contribution in [0, 0.1) is 5.41 Å². The summed E-state index contributed by atoms with van der Waals surface area (Å²) in [6.45, 7) is 7.04. The maximum absolute atomic E-state index is 12.1. The smallest absolute Gasteiger partial charge is 0.326 e. The van der Waals surface area contributed by atoms with E-state index >= 15 is 0 Å². The number of nitrogens with zero attached hydrogens (tertiary/aromatic N) is 1. The first-order valence-electron chi connectivity index (χ1n) is 8.56. The number of nitrogens with one attached hydrogen (secondary N) is 1. The summed E-state index contributed by atoms with van der Waals surface area (Å²) in [5.41, 5.74) is 0.112. The highest BCUT2D eigenvalue weighted by molar-refractivity contribution is 5.81. The Morgan fingerprint density at radius 2 is 1.86 bits per heavy atom. The van der Waals surface area contributed by atoms with Gasteiger partial charge in [0, 0.05) is 6.04 Å². The maximum Gasteiger partial charge on any atom is 0.326 e. The predicted molar refractivity (Wildman–Crippen MR) is 85.3 cm³/mol. The lowest BCUT2D eigenvalue weighted by Gasteiger charge is -2.43. The molecule has 2 unspecified atom stereocenters. The van der Waals surface area contributed by atoms with E-state index in [4.69, 9.17) is 4.74 Å². The van der Waals surface area contributed by atoms with Crippen molar-refractivity contribution in [1.29, 1.82) is 0 Å². The summed E-state index contributed by atoms with van der Waals surface area (Å²) >= 11 is 0. The molecule has 2 atom stereocenters. The fraction of sp³-hybridized carbons (Fsp3) is 0.941. The minimum absolute atomic E-state index is 0.0963. The standard InChI is InChI=1S/C17H32N2O2/c1-5-16(6-2)9-11-19(12-10-16)14-7-8-17(13-14,18-3)15(20)21-4/h14,18H,5-13H2,1-4H3. The van der Waals surface area contributed by atoms with Crippen LogP contribution in [0.4, 0.5) is 0 Å². The number of carbonyl (C=O) groups is 1. The fourth-order valence-electron chi connectivity index (χ4n) is 4.36. The van der Waals surface area contributed by atoms with Gasteiger partial charge < -0.3 is 15.0 Å². The summed E-state index contributed by atoms with van der Waals surface area (Å²) in [5, 5.41) is 3.23. The van der Waals surface area contributed by atoms with Gasteiger partial charge >= 0.3 is 5.97 Å². The maximum atomic E-state index is 12.1. The van der Waals surface area contributed by atoms with Crippen LogP contribution in [-0.2, 0) is 9.53 Å². The van der Waals surface area contributed by atoms with Gasteiger partial charge in [0.15, 0.2) is 0 Å². The molecule has 0 spiro atoms. The molecule has 1 heterocycles. The zero-order chi connectivity index (χ0) is 15.5. The second-order valence-corrected chi connectivity index (χ2v) is 6.96. The van der Waals surface area contributed by atoms with E-state index in [-0.39, 0.29) is 5.97 Å². The van der Waals surface area contributed by atoms with Gasteiger partial charge in [-0.25, -0.2) is 0 Å². The second kappa shape index (κ2) is 6.66. The number of hydrogen-bond donors (Lipinski definition) is 1. The second-order valence-electron chi connectivity index (χ2n) is 6.96. The van der Waals surface area contributed by atoms with Crippen LogP contribution in [-0.4, -0.2) is 49.7 Å². The molecule has 122 valence electrons. The van der Waals surface area contributed by atoms with Crippen LogP contribution in [0.1, 0.15) is 58.8 Å². The molecule has 2 fully saturated rings. The topological polar surface area (TPSA) is 41.6 Å². The quantitative estimate of drug-likeness (QED) is 0.792. The van der Waals surface area contributed by atoms with E-state index in [0.29, 0.717) is 11.5 Å². The van der Waals surface area contributed by atoms with E-state index < -0.39 is 5.54 Å². The Hall–Kier alpha value is -0.610. The lowest BCUT2D eigenvalue weighted by atomic mass is 9.74. The Bertz CT molecular complexity index is 358. The molecule has 1 aliphatic heterocycles. The van der Waals surface area contributed by atoms with Crippen molar-refractivity contribution < 1.29 is 9.53 Å². The number of methoxy groups -OCH3 is 1. The van der Waals surface area contributed by atoms with Gasteiger partial charge in [-0.3, -0.25) is 4.79 Å². The SMILES string of the molecule is CCC1(CC)CCN(C2CCC(NC)(C(=O)OC)C2)CC1. The number of esters is 1. The predicted octanol–water partition coefficient (Wildman–Crippen LogP) is 2.57. The number of piperidine rings is 1. The highest BCUT2D eigenvalue weighted by atomic mass is 16.5. The van der Waals surface area contributed by atoms with Gasteiger partial charge in [0.05, 0.1) is 7.11 Å². The molecule has 4 heteroatoms. The minimum atomic E-state index is -0.455. The minimum Gasteiger partial charge on any atom is -0.468 e. The van der Waals surface area contributed by atoms with Crippen LogP contribution in [0.15, 0.2) is 0 Å². The van der Waals surface area contributed by atoms with Gasteiger partial charge in [0.2, 0.25) is 0 Å². The van der Waals surface area contributed by atoms with Crippen molar-refractivity contribution in [2.24, 2.45) is 5.41 Å². The third kappa shape index (κ3) is 3.11. The summed E-state index contributed by atoms with van der Waals surface area (Å²) in [7, 11) is 3.38. The number of ether oxygens (including phenoxy) is 1. The number of likely N-dealkylation sites (N-methyl/N-ethyl adjacent to an activating group) is 1. The zero-order valence-electron chi connectivity index (χ0n) is 14.2. The van der Waals surface area contributed by atoms with Crippen LogP contribution >= 0.6 is 0 Å². The van der Waals surface area contributed by atoms with Gasteiger partial charge in [-0.1, -0.05) is 26.7 Å². The molecule has 2 aliphatic rings. The number of hydrogen-bond acceptors (Lipinski definition) is 4. The van der Waals surface area contributed by atoms with Crippen molar-refractivity contribution in [1.82, 2.24) is 10.2 Å². The van der Waals surface area contributed by atoms with Crippen molar-refractivity contribution in [3.8, 4) is 0 Å². The monoisotopic (exact) mass is 296 g/mol. The van der Waals surface area contributed by atoms with Crippen LogP contribution in [0.2, 0.25) is 0 Å². The normalized spacial score (nSPS) is 33.0. The molecule has 2 rings (SSSR count). The molecular weight excluding hydrogens is 264 g/mol. The molecule has 0 bridgehead atoms. The van der Waals surface area contributed by atoms with Crippen LogP contribution in [0.3, 0.4) is 0 Å². The van der Waals surface area contributed by atoms with E-state index in [0.717, 1.165) is 19.3 Å². The molecule has 1 saturated carbocycles. The summed E-state index contributed by atoms with van der Waals surface area (Å²) in [6, 6.07) is 0.531. The van der Waals surface area contributed by atoms with Crippen LogP contribution < -0.4 is 5.32 Å². The Morgan fingerprint density at radius 1 is 1.24 bits per heavy atom. The van der Waals surface area contributed by atoms with Crippen LogP contribution in [0.25, 0.3) is 0 Å². The number of likely N-dealkylation sites (tertiary alicyclic amines) is 1. The highest BCUT2D eigenvalue weighted by Crippen LogP contribution is 2.41. The number of rotatable bonds is 5. The molecule has 1 saturated heterocycles. The molecule has 0 aromatic carbocycles. The largest absolute Gasteiger partial charge is 0.468 e. The van der Waals surface area contributed by atoms with Crippen molar-refractivity contribution in [2.45, 2.75) is 70.4 Å². The van der Waals surface area contributed by atoms with E-state index in [9.17, 15) is 4.79 Å². The average Bonchev–Trinajstić information content (AvgIpc) is 3.00. The molecule has 0 radical (unpaired) electrons. The van der Waals surface area contributed by atoms with E-state index in [2.05, 4.69) is 24.1 Å². The fourth-order valence-corrected chi connectivity index (χ4v) is 4.36. The van der Waals surface area contributed by atoms with Gasteiger partial charge in [-0.15, -0.1) is 0 Å². The average molecular weight is 296 g/mol. The van der Waals surface area contributed by atoms with E-state index in [1.54, 1.807) is 0 Å². The lowest BCUT2D eigenvalue weighted by Crippen LogP contribution is -2.51. The molecular formula is C17H32N2O2. The van der Waals surface area contributed by atoms with Gasteiger partial charge in [-0.2, -0.15) is 0 Å². The third-order valence-corrected chi connectivity index (χ3v) is 6.42. The molecule has 0 aromatic rings. The summed E-state index contributed by atoms with van der Waals surface area (Å²) in [5.74, 6) is -0.0963. The summed E-state index contributed by atoms with van der Waals surface area (Å²) in [4.78, 5) is 14.7. The zero-order valence-corrected chi connectivity index (χ0v) is 14.2. The Labute approximate surface area is 129 Å². The van der Waals surface area contributed by atoms with E-state index in [1.165, 1.54) is 45.9 Å². The first-order chi connectivity index (χ1) is 10.0.